The van der Waals surface area contributed by atoms with Crippen molar-refractivity contribution in [3.63, 3.8) is 0 Å². The van der Waals surface area contributed by atoms with Gasteiger partial charge in [-0.1, -0.05) is 86.6 Å². The van der Waals surface area contributed by atoms with Gasteiger partial charge in [-0.25, -0.2) is 0 Å². The Morgan fingerprint density at radius 1 is 1.03 bits per heavy atom. The zero-order valence-electron chi connectivity index (χ0n) is 19.0. The van der Waals surface area contributed by atoms with Crippen molar-refractivity contribution in [1.29, 1.82) is 0 Å². The number of amidine groups is 1. The molecule has 4 rings (SSSR count). The zero-order valence-corrected chi connectivity index (χ0v) is 22.1. The molecular weight excluding hydrogens is 493 g/mol. The van der Waals surface area contributed by atoms with Crippen molar-refractivity contribution in [1.82, 2.24) is 5.32 Å². The molecule has 0 bridgehead atoms. The fourth-order valence-electron chi connectivity index (χ4n) is 4.60. The molecule has 2 aliphatic rings. The molecule has 2 aromatic carbocycles. The van der Waals surface area contributed by atoms with E-state index in [2.05, 4.69) is 37.1 Å². The number of halogens is 3. The summed E-state index contributed by atoms with van der Waals surface area (Å²) in [4.78, 5) is 7.52. The molecule has 33 heavy (non-hydrogen) atoms. The summed E-state index contributed by atoms with van der Waals surface area (Å²) in [7, 11) is 0. The van der Waals surface area contributed by atoms with Crippen molar-refractivity contribution < 1.29 is 0 Å². The topological polar surface area (TPSA) is 27.6 Å². The Morgan fingerprint density at radius 3 is 2.27 bits per heavy atom. The maximum absolute atomic E-state index is 6.40. The quantitative estimate of drug-likeness (QED) is 0.412. The fourth-order valence-corrected chi connectivity index (χ4v) is 5.57. The Morgan fingerprint density at radius 2 is 1.67 bits per heavy atom. The van der Waals surface area contributed by atoms with Crippen LogP contribution in [0.15, 0.2) is 53.5 Å². The number of rotatable bonds is 4. The molecule has 1 aliphatic heterocycles. The Labute approximate surface area is 216 Å². The van der Waals surface area contributed by atoms with E-state index in [0.717, 1.165) is 42.8 Å². The first kappa shape index (κ1) is 24.5. The number of benzene rings is 2. The van der Waals surface area contributed by atoms with Gasteiger partial charge in [-0.2, -0.15) is 0 Å². The summed E-state index contributed by atoms with van der Waals surface area (Å²) in [6, 6.07) is 13.3. The number of hydrogen-bond acceptors (Lipinski definition) is 2. The SMILES string of the molecule is CC(C)(C)[C@H](/C=C\c1ccc(Cl)cc1Cl)N=C1NC(=S)N(c2ccc(Cl)cc2)C12CCCC2. The molecular formula is C26H28Cl3N3S. The maximum atomic E-state index is 6.40. The molecule has 1 heterocycles. The lowest BCUT2D eigenvalue weighted by Crippen LogP contribution is -2.48. The highest BCUT2D eigenvalue weighted by atomic mass is 35.5. The summed E-state index contributed by atoms with van der Waals surface area (Å²) in [5, 5.41) is 6.12. The minimum atomic E-state index is -0.250. The molecule has 0 amide bonds. The predicted octanol–water partition coefficient (Wildman–Crippen LogP) is 8.18. The van der Waals surface area contributed by atoms with Gasteiger partial charge < -0.3 is 10.2 Å². The third kappa shape index (κ3) is 5.09. The van der Waals surface area contributed by atoms with Crippen LogP contribution in [0.25, 0.3) is 6.08 Å². The lowest BCUT2D eigenvalue weighted by Gasteiger charge is -2.35. The Hall–Kier alpha value is -1.59. The van der Waals surface area contributed by atoms with Crippen LogP contribution in [-0.4, -0.2) is 22.5 Å². The van der Waals surface area contributed by atoms with Crippen molar-refractivity contribution in [2.75, 3.05) is 4.90 Å². The molecule has 1 N–H and O–H groups in total. The summed E-state index contributed by atoms with van der Waals surface area (Å²) in [6.45, 7) is 6.59. The van der Waals surface area contributed by atoms with Crippen LogP contribution in [0.2, 0.25) is 15.1 Å². The maximum Gasteiger partial charge on any atom is 0.179 e. The van der Waals surface area contributed by atoms with E-state index in [1.165, 1.54) is 0 Å². The van der Waals surface area contributed by atoms with Gasteiger partial charge in [0.15, 0.2) is 5.11 Å². The first-order chi connectivity index (χ1) is 15.6. The minimum Gasteiger partial charge on any atom is -0.319 e. The summed E-state index contributed by atoms with van der Waals surface area (Å²) in [5.74, 6) is 0.951. The first-order valence-electron chi connectivity index (χ1n) is 11.2. The van der Waals surface area contributed by atoms with Crippen LogP contribution in [0.5, 0.6) is 0 Å². The highest BCUT2D eigenvalue weighted by Gasteiger charge is 2.51. The van der Waals surface area contributed by atoms with Gasteiger partial charge in [0.2, 0.25) is 0 Å². The second kappa shape index (κ2) is 9.58. The molecule has 174 valence electrons. The van der Waals surface area contributed by atoms with Gasteiger partial charge in [-0.3, -0.25) is 4.99 Å². The molecule has 1 saturated heterocycles. The fraction of sp³-hybridized carbons (Fsp3) is 0.385. The monoisotopic (exact) mass is 519 g/mol. The molecule has 1 spiro atoms. The van der Waals surface area contributed by atoms with E-state index in [1.54, 1.807) is 6.07 Å². The van der Waals surface area contributed by atoms with E-state index in [1.807, 2.05) is 42.5 Å². The normalized spacial score (nSPS) is 20.2. The highest BCUT2D eigenvalue weighted by Crippen LogP contribution is 2.43. The lowest BCUT2D eigenvalue weighted by atomic mass is 9.86. The van der Waals surface area contributed by atoms with Crippen LogP contribution >= 0.6 is 47.0 Å². The molecule has 7 heteroatoms. The molecule has 3 nitrogen and oxygen atoms in total. The van der Waals surface area contributed by atoms with Gasteiger partial charge in [0, 0.05) is 20.8 Å². The van der Waals surface area contributed by atoms with Crippen LogP contribution in [-0.2, 0) is 0 Å². The van der Waals surface area contributed by atoms with Crippen LogP contribution < -0.4 is 10.2 Å². The van der Waals surface area contributed by atoms with Crippen LogP contribution in [0.3, 0.4) is 0 Å². The third-order valence-corrected chi connectivity index (χ3v) is 7.49. The second-order valence-corrected chi connectivity index (χ2v) is 11.5. The number of nitrogens with one attached hydrogen (secondary N) is 1. The number of hydrogen-bond donors (Lipinski definition) is 1. The second-order valence-electron chi connectivity index (χ2n) is 9.79. The number of thiocarbonyl (C=S) groups is 1. The third-order valence-electron chi connectivity index (χ3n) is 6.39. The molecule has 0 unspecified atom stereocenters. The number of anilines is 1. The molecule has 0 aromatic heterocycles. The smallest absolute Gasteiger partial charge is 0.179 e. The van der Waals surface area contributed by atoms with Crippen molar-refractivity contribution in [3.05, 3.63) is 69.2 Å². The standard InChI is InChI=1S/C26H28Cl3N3S/c1-25(2,3)22(13-7-17-6-8-19(28)16-21(17)29)30-23-26(14-4-5-15-26)32(24(33)31-23)20-11-9-18(27)10-12-20/h6-13,16,22H,4-5,14-15H2,1-3H3,(H,30,31,33)/b13-7-/t22-/m0/s1. The summed E-state index contributed by atoms with van der Waals surface area (Å²) in [6.07, 6.45) is 8.45. The van der Waals surface area contributed by atoms with Crippen LogP contribution in [0.4, 0.5) is 5.69 Å². The molecule has 1 saturated carbocycles. The van der Waals surface area contributed by atoms with E-state index in [9.17, 15) is 0 Å². The van der Waals surface area contributed by atoms with Crippen molar-refractivity contribution >= 4 is 69.7 Å². The summed E-state index contributed by atoms with van der Waals surface area (Å²) < 4.78 is 0. The molecule has 1 atom stereocenters. The summed E-state index contributed by atoms with van der Waals surface area (Å²) >= 11 is 24.4. The molecule has 0 radical (unpaired) electrons. The molecule has 1 aliphatic carbocycles. The zero-order chi connectivity index (χ0) is 23.8. The molecule has 2 aromatic rings. The van der Waals surface area contributed by atoms with Gasteiger partial charge >= 0.3 is 0 Å². The van der Waals surface area contributed by atoms with Crippen molar-refractivity contribution in [3.8, 4) is 0 Å². The largest absolute Gasteiger partial charge is 0.319 e. The average molecular weight is 521 g/mol. The number of aliphatic imine (C=N–C) groups is 1. The van der Waals surface area contributed by atoms with Crippen LogP contribution in [0.1, 0.15) is 52.0 Å². The van der Waals surface area contributed by atoms with Crippen molar-refractivity contribution in [2.24, 2.45) is 10.4 Å². The Bertz CT molecular complexity index is 1100. The van der Waals surface area contributed by atoms with Gasteiger partial charge in [-0.15, -0.1) is 0 Å². The van der Waals surface area contributed by atoms with E-state index in [4.69, 9.17) is 52.0 Å². The Kier molecular flexibility index (Phi) is 7.12. The van der Waals surface area contributed by atoms with Crippen LogP contribution in [0, 0.1) is 5.41 Å². The first-order valence-corrected chi connectivity index (χ1v) is 12.7. The summed E-state index contributed by atoms with van der Waals surface area (Å²) in [5.41, 5.74) is 1.61. The highest BCUT2D eigenvalue weighted by molar-refractivity contribution is 7.80. The predicted molar refractivity (Wildman–Crippen MR) is 147 cm³/mol. The van der Waals surface area contributed by atoms with E-state index in [0.29, 0.717) is 20.2 Å². The van der Waals surface area contributed by atoms with Crippen molar-refractivity contribution in [2.45, 2.75) is 58.0 Å². The number of nitrogens with zero attached hydrogens (tertiary/aromatic N) is 2. The van der Waals surface area contributed by atoms with Gasteiger partial charge in [0.25, 0.3) is 0 Å². The lowest BCUT2D eigenvalue weighted by molar-refractivity contribution is 0.366. The van der Waals surface area contributed by atoms with E-state index >= 15 is 0 Å². The van der Waals surface area contributed by atoms with Gasteiger partial charge in [0.05, 0.1) is 6.04 Å². The van der Waals surface area contributed by atoms with E-state index in [-0.39, 0.29) is 17.0 Å². The van der Waals surface area contributed by atoms with Gasteiger partial charge in [-0.05, 0) is 72.4 Å². The minimum absolute atomic E-state index is 0.0720. The molecule has 2 fully saturated rings. The Balaban J connectivity index is 1.73. The van der Waals surface area contributed by atoms with E-state index < -0.39 is 0 Å². The average Bonchev–Trinajstić information content (AvgIpc) is 3.32. The van der Waals surface area contributed by atoms with Gasteiger partial charge in [0.1, 0.15) is 11.4 Å².